The van der Waals surface area contributed by atoms with Gasteiger partial charge in [-0.2, -0.15) is 18.2 Å². The minimum Gasteiger partial charge on any atom is -0.460 e. The van der Waals surface area contributed by atoms with E-state index in [1.165, 1.54) is 16.8 Å². The van der Waals surface area contributed by atoms with E-state index < -0.39 is 23.5 Å². The van der Waals surface area contributed by atoms with Crippen LogP contribution in [-0.2, 0) is 6.18 Å². The molecule has 180 valence electrons. The number of hydrogen-bond acceptors (Lipinski definition) is 4. The number of aromatic nitrogens is 3. The molecule has 1 N–H and O–H groups in total. The summed E-state index contributed by atoms with van der Waals surface area (Å²) in [6, 6.07) is 16.5. The number of anilines is 1. The highest BCUT2D eigenvalue weighted by atomic mass is 19.4. The number of amides is 1. The Hall–Kier alpha value is -4.21. The van der Waals surface area contributed by atoms with Gasteiger partial charge in [-0.3, -0.25) is 4.79 Å². The maximum Gasteiger partial charge on any atom is 0.416 e. The lowest BCUT2D eigenvalue weighted by atomic mass is 10.1. The molecule has 1 aromatic heterocycles. The smallest absolute Gasteiger partial charge is 0.416 e. The highest BCUT2D eigenvalue weighted by molar-refractivity contribution is 6.04. The number of carbonyl (C=O) groups is 1. The molecule has 1 heterocycles. The third kappa shape index (κ3) is 5.65. The lowest BCUT2D eigenvalue weighted by Crippen LogP contribution is -2.13. The van der Waals surface area contributed by atoms with Gasteiger partial charge in [-0.15, -0.1) is 5.10 Å². The van der Waals surface area contributed by atoms with Crippen molar-refractivity contribution < 1.29 is 27.1 Å². The highest BCUT2D eigenvalue weighted by Gasteiger charge is 2.30. The molecular formula is C25H20F4N4O2. The van der Waals surface area contributed by atoms with Gasteiger partial charge in [0.05, 0.1) is 17.4 Å². The van der Waals surface area contributed by atoms with Crippen molar-refractivity contribution in [3.63, 3.8) is 0 Å². The number of nitrogens with zero attached hydrogens (tertiary/aromatic N) is 3. The van der Waals surface area contributed by atoms with Crippen LogP contribution in [-0.4, -0.2) is 26.8 Å². The Morgan fingerprint density at radius 2 is 1.69 bits per heavy atom. The molecule has 0 saturated heterocycles. The first-order valence-corrected chi connectivity index (χ1v) is 10.6. The molecular weight excluding hydrogens is 464 g/mol. The summed E-state index contributed by atoms with van der Waals surface area (Å²) in [6.45, 7) is 3.66. The monoisotopic (exact) mass is 484 g/mol. The van der Waals surface area contributed by atoms with Crippen molar-refractivity contribution in [2.24, 2.45) is 0 Å². The lowest BCUT2D eigenvalue weighted by molar-refractivity contribution is -0.137. The lowest BCUT2D eigenvalue weighted by Gasteiger charge is -2.10. The van der Waals surface area contributed by atoms with E-state index in [0.29, 0.717) is 22.8 Å². The Bertz CT molecular complexity index is 1330. The Labute approximate surface area is 198 Å². The molecule has 1 amide bonds. The minimum atomic E-state index is -4.48. The van der Waals surface area contributed by atoms with E-state index in [4.69, 9.17) is 4.74 Å². The third-order valence-electron chi connectivity index (χ3n) is 4.86. The maximum absolute atomic E-state index is 13.8. The molecule has 0 atom stereocenters. The van der Waals surface area contributed by atoms with E-state index in [9.17, 15) is 22.4 Å². The second kappa shape index (κ2) is 9.57. The first kappa shape index (κ1) is 23.9. The summed E-state index contributed by atoms with van der Waals surface area (Å²) in [4.78, 5) is 16.8. The molecule has 0 bridgehead atoms. The number of hydrogen-bond donors (Lipinski definition) is 1. The van der Waals surface area contributed by atoms with E-state index in [0.717, 1.165) is 24.3 Å². The fraction of sp³-hybridized carbons (Fsp3) is 0.160. The fourth-order valence-corrected chi connectivity index (χ4v) is 3.25. The van der Waals surface area contributed by atoms with Gasteiger partial charge in [0.25, 0.3) is 5.91 Å². The predicted octanol–water partition coefficient (Wildman–Crippen LogP) is 6.13. The van der Waals surface area contributed by atoms with Gasteiger partial charge in [-0.05, 0) is 74.5 Å². The van der Waals surface area contributed by atoms with Crippen LogP contribution in [0.3, 0.4) is 0 Å². The van der Waals surface area contributed by atoms with Crippen LogP contribution < -0.4 is 10.1 Å². The summed E-state index contributed by atoms with van der Waals surface area (Å²) >= 11 is 0. The van der Waals surface area contributed by atoms with Gasteiger partial charge in [-0.1, -0.05) is 12.1 Å². The second-order valence-electron chi connectivity index (χ2n) is 7.88. The predicted molar refractivity (Wildman–Crippen MR) is 122 cm³/mol. The van der Waals surface area contributed by atoms with Crippen LogP contribution in [0, 0.1) is 5.82 Å². The number of ether oxygens (including phenoxy) is 1. The zero-order valence-electron chi connectivity index (χ0n) is 18.7. The largest absolute Gasteiger partial charge is 0.460 e. The molecule has 0 aliphatic heterocycles. The van der Waals surface area contributed by atoms with Gasteiger partial charge in [0.2, 0.25) is 0 Å². The van der Waals surface area contributed by atoms with Crippen LogP contribution in [0.25, 0.3) is 17.1 Å². The Kier molecular flexibility index (Phi) is 6.54. The fourth-order valence-electron chi connectivity index (χ4n) is 3.25. The average molecular weight is 484 g/mol. The van der Waals surface area contributed by atoms with Gasteiger partial charge in [-0.25, -0.2) is 9.07 Å². The van der Waals surface area contributed by atoms with E-state index >= 15 is 0 Å². The topological polar surface area (TPSA) is 69.0 Å². The van der Waals surface area contributed by atoms with Gasteiger partial charge in [0.15, 0.2) is 5.82 Å². The Balaban J connectivity index is 1.57. The molecule has 0 unspecified atom stereocenters. The molecule has 4 rings (SSSR count). The average Bonchev–Trinajstić information content (AvgIpc) is 3.22. The van der Waals surface area contributed by atoms with E-state index in [1.54, 1.807) is 36.4 Å². The molecule has 0 aliphatic rings. The Morgan fingerprint density at radius 3 is 2.29 bits per heavy atom. The van der Waals surface area contributed by atoms with Crippen molar-refractivity contribution in [2.75, 3.05) is 5.32 Å². The van der Waals surface area contributed by atoms with Crippen LogP contribution >= 0.6 is 0 Å². The molecule has 0 aliphatic carbocycles. The van der Waals surface area contributed by atoms with Crippen molar-refractivity contribution >= 4 is 11.6 Å². The van der Waals surface area contributed by atoms with Crippen LogP contribution in [0.1, 0.15) is 29.8 Å². The molecule has 0 saturated carbocycles. The molecule has 6 nitrogen and oxygen atoms in total. The van der Waals surface area contributed by atoms with Gasteiger partial charge in [0, 0.05) is 16.8 Å². The molecule has 0 fully saturated rings. The molecule has 35 heavy (non-hydrogen) atoms. The second-order valence-corrected chi connectivity index (χ2v) is 7.88. The van der Waals surface area contributed by atoms with Gasteiger partial charge < -0.3 is 10.1 Å². The zero-order chi connectivity index (χ0) is 25.2. The van der Waals surface area contributed by atoms with Crippen LogP contribution in [0.5, 0.6) is 6.01 Å². The van der Waals surface area contributed by atoms with E-state index in [1.807, 2.05) is 13.8 Å². The zero-order valence-corrected chi connectivity index (χ0v) is 18.7. The number of alkyl halides is 3. The highest BCUT2D eigenvalue weighted by Crippen LogP contribution is 2.29. The molecule has 3 aromatic carbocycles. The van der Waals surface area contributed by atoms with Crippen LogP contribution in [0.2, 0.25) is 0 Å². The SMILES string of the molecule is CC(C)Oc1nc(-c2cccc(F)c2)n(-c2ccc(NC(=O)c3ccc(C(F)(F)F)cc3)cc2)n1. The molecule has 0 spiro atoms. The molecule has 10 heteroatoms. The summed E-state index contributed by atoms with van der Waals surface area (Å²) in [6.07, 6.45) is -4.65. The summed E-state index contributed by atoms with van der Waals surface area (Å²) in [5.41, 5.74) is 0.742. The van der Waals surface area contributed by atoms with Crippen molar-refractivity contribution in [2.45, 2.75) is 26.1 Å². The number of nitrogens with one attached hydrogen (secondary N) is 1. The molecule has 4 aromatic rings. The summed E-state index contributed by atoms with van der Waals surface area (Å²) in [5, 5.41) is 7.01. The summed E-state index contributed by atoms with van der Waals surface area (Å²) in [7, 11) is 0. The minimum absolute atomic E-state index is 0.0854. The summed E-state index contributed by atoms with van der Waals surface area (Å²) in [5.74, 6) is -0.619. The Morgan fingerprint density at radius 1 is 1.00 bits per heavy atom. The number of carbonyl (C=O) groups excluding carboxylic acids is 1. The standard InChI is InChI=1S/C25H20F4N4O2/c1-15(2)35-24-31-22(17-4-3-5-19(26)14-17)33(32-24)21-12-10-20(11-13-21)30-23(34)16-6-8-18(9-7-16)25(27,28)29/h3-15H,1-2H3,(H,30,34). The van der Waals surface area contributed by atoms with Gasteiger partial charge in [0.1, 0.15) is 5.82 Å². The van der Waals surface area contributed by atoms with Gasteiger partial charge >= 0.3 is 12.2 Å². The van der Waals surface area contributed by atoms with Crippen molar-refractivity contribution in [3.8, 4) is 23.1 Å². The first-order chi connectivity index (χ1) is 16.6. The van der Waals surface area contributed by atoms with Crippen molar-refractivity contribution in [3.05, 3.63) is 89.7 Å². The van der Waals surface area contributed by atoms with Crippen LogP contribution in [0.15, 0.2) is 72.8 Å². The maximum atomic E-state index is 13.8. The summed E-state index contributed by atoms with van der Waals surface area (Å²) < 4.78 is 59.1. The van der Waals surface area contributed by atoms with Crippen LogP contribution in [0.4, 0.5) is 23.2 Å². The van der Waals surface area contributed by atoms with Crippen molar-refractivity contribution in [1.82, 2.24) is 14.8 Å². The van der Waals surface area contributed by atoms with E-state index in [-0.39, 0.29) is 17.7 Å². The number of halogens is 4. The normalized spacial score (nSPS) is 11.5. The molecule has 0 radical (unpaired) electrons. The quantitative estimate of drug-likeness (QED) is 0.334. The van der Waals surface area contributed by atoms with E-state index in [2.05, 4.69) is 15.4 Å². The first-order valence-electron chi connectivity index (χ1n) is 10.6. The number of rotatable bonds is 6. The van der Waals surface area contributed by atoms with Crippen molar-refractivity contribution in [1.29, 1.82) is 0 Å². The third-order valence-corrected chi connectivity index (χ3v) is 4.86. The number of benzene rings is 3.